The van der Waals surface area contributed by atoms with Crippen molar-refractivity contribution in [3.05, 3.63) is 75.6 Å². The number of rotatable bonds is 3. The Hall–Kier alpha value is -3.10. The van der Waals surface area contributed by atoms with E-state index in [2.05, 4.69) is 10.4 Å². The zero-order chi connectivity index (χ0) is 19.0. The van der Waals surface area contributed by atoms with E-state index in [9.17, 15) is 4.79 Å². The third kappa shape index (κ3) is 3.09. The van der Waals surface area contributed by atoms with Gasteiger partial charge in [-0.1, -0.05) is 29.8 Å². The van der Waals surface area contributed by atoms with Gasteiger partial charge in [0.15, 0.2) is 5.69 Å². The highest BCUT2D eigenvalue weighted by atomic mass is 35.5. The lowest BCUT2D eigenvalue weighted by Gasteiger charge is -2.08. The Labute approximate surface area is 162 Å². The van der Waals surface area contributed by atoms with Crippen LogP contribution in [0.4, 0.5) is 5.69 Å². The second kappa shape index (κ2) is 6.90. The van der Waals surface area contributed by atoms with Crippen molar-refractivity contribution in [1.29, 1.82) is 5.26 Å². The number of halogens is 1. The third-order valence-corrected chi connectivity index (χ3v) is 5.16. The molecule has 1 amide bonds. The molecule has 1 heterocycles. The number of amides is 1. The van der Waals surface area contributed by atoms with Gasteiger partial charge < -0.3 is 5.32 Å². The zero-order valence-corrected chi connectivity index (χ0v) is 15.5. The average Bonchev–Trinajstić information content (AvgIpc) is 3.26. The second-order valence-corrected chi connectivity index (χ2v) is 6.99. The minimum Gasteiger partial charge on any atom is -0.321 e. The lowest BCUT2D eigenvalue weighted by atomic mass is 10.1. The van der Waals surface area contributed by atoms with E-state index in [0.29, 0.717) is 22.0 Å². The SMILES string of the molecule is Cc1ccccc1-n1nc(C(=O)Nc2ccc(Cl)c(C#N)c2)c2c1CCC2. The average molecular weight is 377 g/mol. The van der Waals surface area contributed by atoms with Crippen molar-refractivity contribution in [2.24, 2.45) is 0 Å². The van der Waals surface area contributed by atoms with Crippen LogP contribution in [0.15, 0.2) is 42.5 Å². The van der Waals surface area contributed by atoms with Crippen LogP contribution in [-0.4, -0.2) is 15.7 Å². The van der Waals surface area contributed by atoms with E-state index in [1.807, 2.05) is 41.9 Å². The molecular weight excluding hydrogens is 360 g/mol. The fourth-order valence-corrected chi connectivity index (χ4v) is 3.66. The molecule has 0 unspecified atom stereocenters. The van der Waals surface area contributed by atoms with Gasteiger partial charge in [-0.2, -0.15) is 10.4 Å². The molecule has 0 aliphatic heterocycles. The predicted octanol–water partition coefficient (Wildman–Crippen LogP) is 4.45. The lowest BCUT2D eigenvalue weighted by Crippen LogP contribution is -2.15. The number of carbonyl (C=O) groups is 1. The van der Waals surface area contributed by atoms with Gasteiger partial charge in [0.2, 0.25) is 0 Å². The van der Waals surface area contributed by atoms with Crippen LogP contribution in [0.5, 0.6) is 0 Å². The van der Waals surface area contributed by atoms with Crippen LogP contribution in [0, 0.1) is 18.3 Å². The minimum absolute atomic E-state index is 0.272. The Bertz CT molecular complexity index is 1090. The van der Waals surface area contributed by atoms with Crippen LogP contribution < -0.4 is 5.32 Å². The third-order valence-electron chi connectivity index (χ3n) is 4.83. The Balaban J connectivity index is 1.71. The molecule has 5 nitrogen and oxygen atoms in total. The number of nitrogens with zero attached hydrogens (tertiary/aromatic N) is 3. The molecule has 6 heteroatoms. The first-order chi connectivity index (χ1) is 13.1. The molecule has 1 aliphatic rings. The summed E-state index contributed by atoms with van der Waals surface area (Å²) in [5.41, 5.74) is 5.50. The summed E-state index contributed by atoms with van der Waals surface area (Å²) in [5, 5.41) is 17.0. The number of fused-ring (bicyclic) bond motifs is 1. The van der Waals surface area contributed by atoms with Crippen LogP contribution in [0.3, 0.4) is 0 Å². The molecule has 0 fully saturated rings. The van der Waals surface area contributed by atoms with Crippen LogP contribution in [0.1, 0.15) is 39.3 Å². The predicted molar refractivity (Wildman–Crippen MR) is 104 cm³/mol. The quantitative estimate of drug-likeness (QED) is 0.734. The summed E-state index contributed by atoms with van der Waals surface area (Å²) in [6.07, 6.45) is 2.76. The van der Waals surface area contributed by atoms with Crippen molar-refractivity contribution in [2.45, 2.75) is 26.2 Å². The van der Waals surface area contributed by atoms with Crippen LogP contribution in [-0.2, 0) is 12.8 Å². The molecule has 1 N–H and O–H groups in total. The van der Waals surface area contributed by atoms with Crippen LogP contribution >= 0.6 is 11.6 Å². The van der Waals surface area contributed by atoms with Gasteiger partial charge >= 0.3 is 0 Å². The number of aromatic nitrogens is 2. The van der Waals surface area contributed by atoms with E-state index >= 15 is 0 Å². The molecule has 2 aromatic carbocycles. The maximum Gasteiger partial charge on any atom is 0.276 e. The van der Waals surface area contributed by atoms with Gasteiger partial charge in [-0.05, 0) is 56.0 Å². The molecule has 3 aromatic rings. The number of benzene rings is 2. The van der Waals surface area contributed by atoms with Crippen molar-refractivity contribution in [3.8, 4) is 11.8 Å². The Morgan fingerprint density at radius 1 is 1.26 bits per heavy atom. The van der Waals surface area contributed by atoms with E-state index in [0.717, 1.165) is 41.8 Å². The molecule has 0 saturated heterocycles. The number of aryl methyl sites for hydroxylation is 1. The summed E-state index contributed by atoms with van der Waals surface area (Å²) in [6.45, 7) is 2.04. The van der Waals surface area contributed by atoms with Crippen molar-refractivity contribution >= 4 is 23.2 Å². The Kier molecular flexibility index (Phi) is 4.43. The summed E-state index contributed by atoms with van der Waals surface area (Å²) in [7, 11) is 0. The summed E-state index contributed by atoms with van der Waals surface area (Å²) in [5.74, 6) is -0.272. The maximum atomic E-state index is 12.9. The highest BCUT2D eigenvalue weighted by Gasteiger charge is 2.27. The van der Waals surface area contributed by atoms with Gasteiger partial charge in [0.1, 0.15) is 6.07 Å². The topological polar surface area (TPSA) is 70.7 Å². The van der Waals surface area contributed by atoms with Gasteiger partial charge in [0.25, 0.3) is 5.91 Å². The molecule has 4 rings (SSSR count). The second-order valence-electron chi connectivity index (χ2n) is 6.59. The van der Waals surface area contributed by atoms with Crippen LogP contribution in [0.25, 0.3) is 5.69 Å². The zero-order valence-electron chi connectivity index (χ0n) is 14.8. The van der Waals surface area contributed by atoms with Gasteiger partial charge in [-0.25, -0.2) is 4.68 Å². The van der Waals surface area contributed by atoms with Crippen LogP contribution in [0.2, 0.25) is 5.02 Å². The molecule has 0 bridgehead atoms. The Morgan fingerprint density at radius 3 is 2.85 bits per heavy atom. The maximum absolute atomic E-state index is 12.9. The van der Waals surface area contributed by atoms with E-state index in [-0.39, 0.29) is 5.91 Å². The van der Waals surface area contributed by atoms with E-state index in [4.69, 9.17) is 16.9 Å². The number of para-hydroxylation sites is 1. The van der Waals surface area contributed by atoms with Gasteiger partial charge in [0, 0.05) is 16.9 Å². The van der Waals surface area contributed by atoms with E-state index < -0.39 is 0 Å². The van der Waals surface area contributed by atoms with Crippen molar-refractivity contribution < 1.29 is 4.79 Å². The number of hydrogen-bond acceptors (Lipinski definition) is 3. The molecular formula is C21H17ClN4O. The van der Waals surface area contributed by atoms with E-state index in [1.165, 1.54) is 0 Å². The number of nitrogens with one attached hydrogen (secondary N) is 1. The summed E-state index contributed by atoms with van der Waals surface area (Å²) >= 11 is 5.96. The monoisotopic (exact) mass is 376 g/mol. The molecule has 134 valence electrons. The smallest absolute Gasteiger partial charge is 0.276 e. The molecule has 27 heavy (non-hydrogen) atoms. The Morgan fingerprint density at radius 2 is 2.07 bits per heavy atom. The highest BCUT2D eigenvalue weighted by Crippen LogP contribution is 2.29. The lowest BCUT2D eigenvalue weighted by molar-refractivity contribution is 0.102. The molecule has 0 spiro atoms. The van der Waals surface area contributed by atoms with Gasteiger partial charge in [-0.15, -0.1) is 0 Å². The molecule has 0 atom stereocenters. The van der Waals surface area contributed by atoms with Gasteiger partial charge in [-0.3, -0.25) is 4.79 Å². The molecule has 0 saturated carbocycles. The molecule has 1 aliphatic carbocycles. The largest absolute Gasteiger partial charge is 0.321 e. The van der Waals surface area contributed by atoms with Gasteiger partial charge in [0.05, 0.1) is 16.3 Å². The fourth-order valence-electron chi connectivity index (χ4n) is 3.50. The highest BCUT2D eigenvalue weighted by molar-refractivity contribution is 6.31. The first kappa shape index (κ1) is 17.3. The van der Waals surface area contributed by atoms with E-state index in [1.54, 1.807) is 18.2 Å². The minimum atomic E-state index is -0.272. The number of nitriles is 1. The standard InChI is InChI=1S/C21H17ClN4O/c1-13-5-2-3-7-18(13)26-19-8-4-6-16(19)20(25-26)21(27)24-15-9-10-17(22)14(11-15)12-23/h2-3,5,7,9-11H,4,6,8H2,1H3,(H,24,27). The van der Waals surface area contributed by atoms with Crippen molar-refractivity contribution in [2.75, 3.05) is 5.32 Å². The molecule has 1 aromatic heterocycles. The molecule has 0 radical (unpaired) electrons. The number of anilines is 1. The summed E-state index contributed by atoms with van der Waals surface area (Å²) < 4.78 is 1.90. The normalized spacial score (nSPS) is 12.5. The number of carbonyl (C=O) groups excluding carboxylic acids is 1. The first-order valence-electron chi connectivity index (χ1n) is 8.76. The van der Waals surface area contributed by atoms with Crippen molar-refractivity contribution in [1.82, 2.24) is 9.78 Å². The summed E-state index contributed by atoms with van der Waals surface area (Å²) in [6, 6.07) is 14.9. The van der Waals surface area contributed by atoms with Crippen molar-refractivity contribution in [3.63, 3.8) is 0 Å². The first-order valence-corrected chi connectivity index (χ1v) is 9.14. The fraction of sp³-hybridized carbons (Fsp3) is 0.190. The number of hydrogen-bond donors (Lipinski definition) is 1. The summed E-state index contributed by atoms with van der Waals surface area (Å²) in [4.78, 5) is 12.9.